The molecule has 5 nitrogen and oxygen atoms in total. The normalized spacial score (nSPS) is 12.7. The van der Waals surface area contributed by atoms with Gasteiger partial charge in [0.1, 0.15) is 0 Å². The van der Waals surface area contributed by atoms with Gasteiger partial charge in [-0.15, -0.1) is 0 Å². The van der Waals surface area contributed by atoms with Crippen molar-refractivity contribution in [1.82, 2.24) is 25.1 Å². The molecule has 2 aromatic heterocycles. The molecule has 3 aromatic rings. The molecular formula is C17H21N5. The molecule has 0 radical (unpaired) electrons. The van der Waals surface area contributed by atoms with Gasteiger partial charge in [-0.2, -0.15) is 5.10 Å². The zero-order chi connectivity index (χ0) is 15.5. The van der Waals surface area contributed by atoms with Gasteiger partial charge in [-0.05, 0) is 38.5 Å². The molecule has 0 amide bonds. The zero-order valence-electron chi connectivity index (χ0n) is 13.2. The van der Waals surface area contributed by atoms with Crippen molar-refractivity contribution >= 4 is 11.0 Å². The van der Waals surface area contributed by atoms with Gasteiger partial charge in [-0.3, -0.25) is 4.68 Å². The Balaban J connectivity index is 1.66. The lowest BCUT2D eigenvalue weighted by atomic mass is 10.2. The molecule has 0 aliphatic carbocycles. The molecule has 0 unspecified atom stereocenters. The highest BCUT2D eigenvalue weighted by molar-refractivity contribution is 5.74. The molecular weight excluding hydrogens is 274 g/mol. The zero-order valence-corrected chi connectivity index (χ0v) is 13.2. The summed E-state index contributed by atoms with van der Waals surface area (Å²) in [5, 5.41) is 7.82. The van der Waals surface area contributed by atoms with E-state index < -0.39 is 0 Å². The highest BCUT2D eigenvalue weighted by atomic mass is 15.3. The van der Waals surface area contributed by atoms with E-state index in [-0.39, 0.29) is 0 Å². The number of benzene rings is 1. The first-order valence-electron chi connectivity index (χ1n) is 7.56. The van der Waals surface area contributed by atoms with Gasteiger partial charge >= 0.3 is 0 Å². The van der Waals surface area contributed by atoms with E-state index in [1.807, 2.05) is 42.1 Å². The third-order valence-corrected chi connectivity index (χ3v) is 3.68. The predicted molar refractivity (Wildman–Crippen MR) is 87.5 cm³/mol. The molecule has 1 atom stereocenters. The van der Waals surface area contributed by atoms with Crippen LogP contribution in [0.2, 0.25) is 0 Å². The van der Waals surface area contributed by atoms with E-state index in [2.05, 4.69) is 35.4 Å². The molecule has 22 heavy (non-hydrogen) atoms. The summed E-state index contributed by atoms with van der Waals surface area (Å²) in [7, 11) is 0. The van der Waals surface area contributed by atoms with E-state index in [9.17, 15) is 0 Å². The molecule has 2 heterocycles. The van der Waals surface area contributed by atoms with Gasteiger partial charge in [0.05, 0.1) is 35.2 Å². The number of aryl methyl sites for hydroxylation is 2. The lowest BCUT2D eigenvalue weighted by Crippen LogP contribution is -2.30. The molecule has 0 saturated heterocycles. The van der Waals surface area contributed by atoms with E-state index in [0.717, 1.165) is 29.0 Å². The average Bonchev–Trinajstić information content (AvgIpc) is 2.90. The van der Waals surface area contributed by atoms with Gasteiger partial charge in [-0.25, -0.2) is 9.97 Å². The SMILES string of the molecule is Cc1cnn(C[C@@H](C)NCc2nc3ccccc3nc2C)c1. The Morgan fingerprint density at radius 3 is 2.55 bits per heavy atom. The summed E-state index contributed by atoms with van der Waals surface area (Å²) in [6.07, 6.45) is 3.94. The molecule has 0 saturated carbocycles. The van der Waals surface area contributed by atoms with Crippen molar-refractivity contribution in [3.05, 3.63) is 53.6 Å². The molecule has 0 aliphatic heterocycles. The average molecular weight is 295 g/mol. The molecule has 1 aromatic carbocycles. The fourth-order valence-electron chi connectivity index (χ4n) is 2.48. The summed E-state index contributed by atoms with van der Waals surface area (Å²) in [6.45, 7) is 7.77. The third-order valence-electron chi connectivity index (χ3n) is 3.68. The number of aromatic nitrogens is 4. The number of fused-ring (bicyclic) bond motifs is 1. The monoisotopic (exact) mass is 295 g/mol. The summed E-state index contributed by atoms with van der Waals surface area (Å²) in [4.78, 5) is 9.33. The van der Waals surface area contributed by atoms with Crippen LogP contribution >= 0.6 is 0 Å². The molecule has 0 bridgehead atoms. The van der Waals surface area contributed by atoms with Crippen molar-refractivity contribution in [1.29, 1.82) is 0 Å². The van der Waals surface area contributed by atoms with E-state index in [1.54, 1.807) is 0 Å². The number of nitrogens with zero attached hydrogens (tertiary/aromatic N) is 4. The van der Waals surface area contributed by atoms with Crippen LogP contribution in [-0.2, 0) is 13.1 Å². The third kappa shape index (κ3) is 3.31. The minimum absolute atomic E-state index is 0.312. The Morgan fingerprint density at radius 1 is 1.14 bits per heavy atom. The van der Waals surface area contributed by atoms with E-state index in [4.69, 9.17) is 4.98 Å². The van der Waals surface area contributed by atoms with E-state index >= 15 is 0 Å². The molecule has 3 rings (SSSR count). The Morgan fingerprint density at radius 2 is 1.86 bits per heavy atom. The van der Waals surface area contributed by atoms with Gasteiger partial charge in [-0.1, -0.05) is 12.1 Å². The first-order chi connectivity index (χ1) is 10.6. The van der Waals surface area contributed by atoms with Crippen molar-refractivity contribution in [3.8, 4) is 0 Å². The first-order valence-corrected chi connectivity index (χ1v) is 7.56. The second-order valence-corrected chi connectivity index (χ2v) is 5.77. The highest BCUT2D eigenvalue weighted by Gasteiger charge is 2.08. The largest absolute Gasteiger partial charge is 0.307 e. The lowest BCUT2D eigenvalue weighted by Gasteiger charge is -2.14. The number of hydrogen-bond donors (Lipinski definition) is 1. The van der Waals surface area contributed by atoms with Crippen molar-refractivity contribution in [2.75, 3.05) is 0 Å². The standard InChI is InChI=1S/C17H21N5/c1-12-8-19-22(10-12)11-13(2)18-9-17-14(3)20-15-6-4-5-7-16(15)21-17/h4-8,10,13,18H,9,11H2,1-3H3/t13-/m1/s1. The maximum absolute atomic E-state index is 4.71. The van der Waals surface area contributed by atoms with Crippen LogP contribution in [0.3, 0.4) is 0 Å². The van der Waals surface area contributed by atoms with Crippen LogP contribution in [0.1, 0.15) is 23.9 Å². The minimum atomic E-state index is 0.312. The molecule has 0 fully saturated rings. The fourth-order valence-corrected chi connectivity index (χ4v) is 2.48. The van der Waals surface area contributed by atoms with Crippen LogP contribution in [0.5, 0.6) is 0 Å². The van der Waals surface area contributed by atoms with Crippen LogP contribution in [0.25, 0.3) is 11.0 Å². The van der Waals surface area contributed by atoms with Crippen LogP contribution < -0.4 is 5.32 Å². The van der Waals surface area contributed by atoms with Gasteiger partial charge in [0.2, 0.25) is 0 Å². The Hall–Kier alpha value is -2.27. The lowest BCUT2D eigenvalue weighted by molar-refractivity contribution is 0.448. The van der Waals surface area contributed by atoms with Crippen molar-refractivity contribution in [2.45, 2.75) is 39.9 Å². The van der Waals surface area contributed by atoms with Crippen LogP contribution in [0.15, 0.2) is 36.7 Å². The number of para-hydroxylation sites is 2. The van der Waals surface area contributed by atoms with Gasteiger partial charge < -0.3 is 5.32 Å². The number of hydrogen-bond acceptors (Lipinski definition) is 4. The van der Waals surface area contributed by atoms with Crippen LogP contribution in [0.4, 0.5) is 0 Å². The first kappa shape index (κ1) is 14.7. The van der Waals surface area contributed by atoms with Crippen LogP contribution in [-0.4, -0.2) is 25.8 Å². The second kappa shape index (κ2) is 6.23. The molecule has 5 heteroatoms. The van der Waals surface area contributed by atoms with Crippen molar-refractivity contribution < 1.29 is 0 Å². The Bertz CT molecular complexity index is 778. The summed E-state index contributed by atoms with van der Waals surface area (Å²) >= 11 is 0. The maximum Gasteiger partial charge on any atom is 0.0890 e. The van der Waals surface area contributed by atoms with Crippen molar-refractivity contribution in [3.63, 3.8) is 0 Å². The second-order valence-electron chi connectivity index (χ2n) is 5.77. The van der Waals surface area contributed by atoms with E-state index in [0.29, 0.717) is 12.6 Å². The summed E-state index contributed by atoms with van der Waals surface area (Å²) < 4.78 is 1.96. The summed E-state index contributed by atoms with van der Waals surface area (Å²) in [5.41, 5.74) is 5.06. The number of nitrogens with one attached hydrogen (secondary N) is 1. The van der Waals surface area contributed by atoms with Crippen molar-refractivity contribution in [2.24, 2.45) is 0 Å². The van der Waals surface area contributed by atoms with Gasteiger partial charge in [0.15, 0.2) is 0 Å². The molecule has 0 aliphatic rings. The summed E-state index contributed by atoms with van der Waals surface area (Å²) in [5.74, 6) is 0. The highest BCUT2D eigenvalue weighted by Crippen LogP contribution is 2.12. The molecule has 0 spiro atoms. The van der Waals surface area contributed by atoms with Crippen LogP contribution in [0, 0.1) is 13.8 Å². The quantitative estimate of drug-likeness (QED) is 0.786. The predicted octanol–water partition coefficient (Wildman–Crippen LogP) is 2.62. The maximum atomic E-state index is 4.71. The Kier molecular flexibility index (Phi) is 4.15. The topological polar surface area (TPSA) is 55.6 Å². The minimum Gasteiger partial charge on any atom is -0.307 e. The molecule has 114 valence electrons. The smallest absolute Gasteiger partial charge is 0.0890 e. The van der Waals surface area contributed by atoms with Gasteiger partial charge in [0, 0.05) is 18.8 Å². The van der Waals surface area contributed by atoms with Gasteiger partial charge in [0.25, 0.3) is 0 Å². The fraction of sp³-hybridized carbons (Fsp3) is 0.353. The summed E-state index contributed by atoms with van der Waals surface area (Å²) in [6, 6.07) is 8.29. The molecule has 1 N–H and O–H groups in total. The van der Waals surface area contributed by atoms with E-state index in [1.165, 1.54) is 5.56 Å². The Labute approximate surface area is 130 Å². The number of rotatable bonds is 5.